The number of aliphatic hydroxyl groups is 1. The second-order valence-corrected chi connectivity index (χ2v) is 7.96. The molecule has 2 heterocycles. The number of hydrogen-bond donors (Lipinski definition) is 2. The molecule has 122 valence electrons. The maximum absolute atomic E-state index is 12.0. The summed E-state index contributed by atoms with van der Waals surface area (Å²) in [6, 6.07) is 8.26. The van der Waals surface area contributed by atoms with Crippen molar-refractivity contribution in [2.75, 3.05) is 18.1 Å². The van der Waals surface area contributed by atoms with Gasteiger partial charge in [0.2, 0.25) is 0 Å². The zero-order chi connectivity index (χ0) is 16.3. The SMILES string of the molecule is Cc1nc(-c2ccc(CCNC(=O)[C@]3(O)CCSC3)cc2)cs1. The lowest BCUT2D eigenvalue weighted by molar-refractivity contribution is -0.137. The molecule has 0 spiro atoms. The summed E-state index contributed by atoms with van der Waals surface area (Å²) in [7, 11) is 0. The van der Waals surface area contributed by atoms with Crippen LogP contribution in [0, 0.1) is 6.92 Å². The van der Waals surface area contributed by atoms with Gasteiger partial charge < -0.3 is 10.4 Å². The van der Waals surface area contributed by atoms with Crippen LogP contribution in [0.5, 0.6) is 0 Å². The molecule has 1 atom stereocenters. The lowest BCUT2D eigenvalue weighted by Gasteiger charge is -2.20. The van der Waals surface area contributed by atoms with E-state index in [1.54, 1.807) is 23.1 Å². The van der Waals surface area contributed by atoms with E-state index in [1.165, 1.54) is 0 Å². The number of nitrogens with zero attached hydrogens (tertiary/aromatic N) is 1. The summed E-state index contributed by atoms with van der Waals surface area (Å²) in [5.41, 5.74) is 2.11. The predicted molar refractivity (Wildman–Crippen MR) is 95.9 cm³/mol. The molecule has 6 heteroatoms. The Kier molecular flexibility index (Phi) is 5.04. The molecule has 23 heavy (non-hydrogen) atoms. The fourth-order valence-corrected chi connectivity index (χ4v) is 4.42. The molecule has 1 aromatic heterocycles. The Labute approximate surface area is 144 Å². The largest absolute Gasteiger partial charge is 0.379 e. The summed E-state index contributed by atoms with van der Waals surface area (Å²) in [6.07, 6.45) is 1.30. The lowest BCUT2D eigenvalue weighted by Crippen LogP contribution is -2.47. The summed E-state index contributed by atoms with van der Waals surface area (Å²) in [5.74, 6) is 1.11. The second kappa shape index (κ2) is 7.03. The molecule has 0 aliphatic carbocycles. The number of rotatable bonds is 5. The van der Waals surface area contributed by atoms with Gasteiger partial charge in [0, 0.05) is 23.2 Å². The third-order valence-corrected chi connectivity index (χ3v) is 5.94. The van der Waals surface area contributed by atoms with Crippen LogP contribution in [0.1, 0.15) is 17.0 Å². The number of aryl methyl sites for hydroxylation is 1. The Balaban J connectivity index is 1.52. The number of carbonyl (C=O) groups is 1. The van der Waals surface area contributed by atoms with E-state index in [9.17, 15) is 9.90 Å². The number of amides is 1. The van der Waals surface area contributed by atoms with Crippen molar-refractivity contribution in [1.82, 2.24) is 10.3 Å². The zero-order valence-corrected chi connectivity index (χ0v) is 14.7. The number of aromatic nitrogens is 1. The van der Waals surface area contributed by atoms with Crippen LogP contribution in [0.25, 0.3) is 11.3 Å². The van der Waals surface area contributed by atoms with Crippen molar-refractivity contribution < 1.29 is 9.90 Å². The van der Waals surface area contributed by atoms with Crippen LogP contribution in [-0.2, 0) is 11.2 Å². The summed E-state index contributed by atoms with van der Waals surface area (Å²) < 4.78 is 0. The molecule has 1 amide bonds. The highest BCUT2D eigenvalue weighted by molar-refractivity contribution is 7.99. The topological polar surface area (TPSA) is 62.2 Å². The average molecular weight is 348 g/mol. The molecule has 0 unspecified atom stereocenters. The van der Waals surface area contributed by atoms with Crippen LogP contribution in [0.3, 0.4) is 0 Å². The Bertz CT molecular complexity index is 676. The van der Waals surface area contributed by atoms with Crippen molar-refractivity contribution in [2.24, 2.45) is 0 Å². The molecule has 0 saturated carbocycles. The van der Waals surface area contributed by atoms with E-state index < -0.39 is 5.60 Å². The van der Waals surface area contributed by atoms with Gasteiger partial charge in [0.25, 0.3) is 5.91 Å². The highest BCUT2D eigenvalue weighted by Crippen LogP contribution is 2.27. The van der Waals surface area contributed by atoms with Crippen LogP contribution in [-0.4, -0.2) is 39.6 Å². The molecule has 3 rings (SSSR count). The van der Waals surface area contributed by atoms with E-state index >= 15 is 0 Å². The Morgan fingerprint density at radius 1 is 1.39 bits per heavy atom. The number of hydrogen-bond acceptors (Lipinski definition) is 5. The van der Waals surface area contributed by atoms with Gasteiger partial charge in [-0.15, -0.1) is 11.3 Å². The molecule has 0 bridgehead atoms. The molecule has 2 aromatic rings. The van der Waals surface area contributed by atoms with Crippen molar-refractivity contribution in [3.63, 3.8) is 0 Å². The van der Waals surface area contributed by atoms with E-state index in [1.807, 2.05) is 6.92 Å². The highest BCUT2D eigenvalue weighted by atomic mass is 32.2. The molecular weight excluding hydrogens is 328 g/mol. The summed E-state index contributed by atoms with van der Waals surface area (Å²) >= 11 is 3.27. The van der Waals surface area contributed by atoms with Gasteiger partial charge in [-0.05, 0) is 31.1 Å². The molecule has 2 N–H and O–H groups in total. The van der Waals surface area contributed by atoms with Crippen molar-refractivity contribution in [2.45, 2.75) is 25.4 Å². The van der Waals surface area contributed by atoms with E-state index in [4.69, 9.17) is 0 Å². The molecule has 1 aliphatic heterocycles. The van der Waals surface area contributed by atoms with Crippen LogP contribution in [0.2, 0.25) is 0 Å². The normalized spacial score (nSPS) is 20.6. The van der Waals surface area contributed by atoms with Crippen LogP contribution >= 0.6 is 23.1 Å². The quantitative estimate of drug-likeness (QED) is 0.872. The first kappa shape index (κ1) is 16.5. The van der Waals surface area contributed by atoms with Gasteiger partial charge in [-0.25, -0.2) is 4.98 Å². The van der Waals surface area contributed by atoms with Gasteiger partial charge in [-0.3, -0.25) is 4.79 Å². The first-order valence-corrected chi connectivity index (χ1v) is 9.70. The third kappa shape index (κ3) is 3.94. The lowest BCUT2D eigenvalue weighted by atomic mass is 10.0. The summed E-state index contributed by atoms with van der Waals surface area (Å²) in [5, 5.41) is 16.2. The molecule has 4 nitrogen and oxygen atoms in total. The number of thiazole rings is 1. The number of thioether (sulfide) groups is 1. The monoisotopic (exact) mass is 348 g/mol. The molecular formula is C17H20N2O2S2. The van der Waals surface area contributed by atoms with Crippen molar-refractivity contribution in [3.8, 4) is 11.3 Å². The van der Waals surface area contributed by atoms with E-state index in [0.717, 1.165) is 34.0 Å². The van der Waals surface area contributed by atoms with Gasteiger partial charge in [-0.2, -0.15) is 11.8 Å². The molecule has 1 fully saturated rings. The fourth-order valence-electron chi connectivity index (χ4n) is 2.56. The van der Waals surface area contributed by atoms with Crippen molar-refractivity contribution >= 4 is 29.0 Å². The van der Waals surface area contributed by atoms with Crippen LogP contribution in [0.4, 0.5) is 0 Å². The fraction of sp³-hybridized carbons (Fsp3) is 0.412. The van der Waals surface area contributed by atoms with Crippen LogP contribution < -0.4 is 5.32 Å². The number of benzene rings is 1. The van der Waals surface area contributed by atoms with Crippen LogP contribution in [0.15, 0.2) is 29.6 Å². The number of nitrogens with one attached hydrogen (secondary N) is 1. The minimum atomic E-state index is -1.17. The zero-order valence-electron chi connectivity index (χ0n) is 13.0. The molecule has 0 radical (unpaired) electrons. The van der Waals surface area contributed by atoms with Gasteiger partial charge in [-0.1, -0.05) is 24.3 Å². The Morgan fingerprint density at radius 2 is 2.17 bits per heavy atom. The van der Waals surface area contributed by atoms with Gasteiger partial charge >= 0.3 is 0 Å². The smallest absolute Gasteiger partial charge is 0.252 e. The summed E-state index contributed by atoms with van der Waals surface area (Å²) in [6.45, 7) is 2.54. The minimum absolute atomic E-state index is 0.239. The first-order chi connectivity index (χ1) is 11.1. The third-order valence-electron chi connectivity index (χ3n) is 3.99. The maximum Gasteiger partial charge on any atom is 0.252 e. The summed E-state index contributed by atoms with van der Waals surface area (Å²) in [4.78, 5) is 16.5. The van der Waals surface area contributed by atoms with E-state index in [-0.39, 0.29) is 5.91 Å². The molecule has 1 saturated heterocycles. The number of carbonyl (C=O) groups excluding carboxylic acids is 1. The standard InChI is InChI=1S/C17H20N2O2S2/c1-12-19-15(10-23-12)14-4-2-13(3-5-14)6-8-18-16(20)17(21)7-9-22-11-17/h2-5,10,21H,6-9,11H2,1H3,(H,18,20)/t17-/m0/s1. The van der Waals surface area contributed by atoms with Gasteiger partial charge in [0.05, 0.1) is 10.7 Å². The first-order valence-electron chi connectivity index (χ1n) is 7.67. The van der Waals surface area contributed by atoms with Crippen molar-refractivity contribution in [1.29, 1.82) is 0 Å². The van der Waals surface area contributed by atoms with E-state index in [2.05, 4.69) is 39.9 Å². The molecule has 1 aliphatic rings. The Morgan fingerprint density at radius 3 is 2.78 bits per heavy atom. The van der Waals surface area contributed by atoms with Gasteiger partial charge in [0.1, 0.15) is 0 Å². The van der Waals surface area contributed by atoms with Crippen molar-refractivity contribution in [3.05, 3.63) is 40.2 Å². The molecule has 1 aromatic carbocycles. The average Bonchev–Trinajstić information content (AvgIpc) is 3.17. The minimum Gasteiger partial charge on any atom is -0.379 e. The predicted octanol–water partition coefficient (Wildman–Crippen LogP) is 2.65. The van der Waals surface area contributed by atoms with E-state index in [0.29, 0.717) is 18.7 Å². The Hall–Kier alpha value is -1.37. The maximum atomic E-state index is 12.0. The second-order valence-electron chi connectivity index (χ2n) is 5.79. The highest BCUT2D eigenvalue weighted by Gasteiger charge is 2.39. The van der Waals surface area contributed by atoms with Gasteiger partial charge in [0.15, 0.2) is 5.60 Å².